The Balaban J connectivity index is 2.64. The number of hydrogen-bond donors (Lipinski definition) is 0. The van der Waals surface area contributed by atoms with Crippen molar-refractivity contribution in [2.45, 2.75) is 53.1 Å². The molecule has 1 aliphatic carbocycles. The van der Waals surface area contributed by atoms with Crippen molar-refractivity contribution in [3.63, 3.8) is 0 Å². The Bertz CT molecular complexity index is 270. The summed E-state index contributed by atoms with van der Waals surface area (Å²) >= 11 is 0. The lowest BCUT2D eigenvalue weighted by molar-refractivity contribution is -0.162. The number of hydrogen-bond acceptors (Lipinski definition) is 3. The van der Waals surface area contributed by atoms with E-state index in [4.69, 9.17) is 4.74 Å². The van der Waals surface area contributed by atoms with Crippen molar-refractivity contribution in [1.29, 1.82) is 0 Å². The summed E-state index contributed by atoms with van der Waals surface area (Å²) in [5.74, 6) is 0.307. The van der Waals surface area contributed by atoms with Crippen LogP contribution in [0.15, 0.2) is 0 Å². The van der Waals surface area contributed by atoms with Gasteiger partial charge in [-0.2, -0.15) is 0 Å². The predicted octanol–water partition coefficient (Wildman–Crippen LogP) is 2.58. The molecule has 0 aliphatic heterocycles. The largest absolute Gasteiger partial charge is 0.456 e. The summed E-state index contributed by atoms with van der Waals surface area (Å²) in [5.41, 5.74) is 0. The molecule has 0 heterocycles. The van der Waals surface area contributed by atoms with Crippen LogP contribution in [-0.2, 0) is 14.3 Å². The van der Waals surface area contributed by atoms with Gasteiger partial charge in [-0.15, -0.1) is 0 Å². The predicted molar refractivity (Wildman–Crippen MR) is 61.9 cm³/mol. The number of rotatable bonds is 3. The number of ketones is 1. The summed E-state index contributed by atoms with van der Waals surface area (Å²) < 4.78 is 5.31. The summed E-state index contributed by atoms with van der Waals surface area (Å²) in [4.78, 5) is 22.2. The fourth-order valence-electron chi connectivity index (χ4n) is 2.47. The molecule has 0 radical (unpaired) electrons. The Morgan fingerprint density at radius 2 is 1.88 bits per heavy atom. The minimum Gasteiger partial charge on any atom is -0.456 e. The SMILES string of the molecule is CC(=O)C(=O)O[C@@H]1C[C@@H](C)CC[C@H]1C(C)C. The first kappa shape index (κ1) is 13.2. The molecule has 0 bridgehead atoms. The normalized spacial score (nSPS) is 30.2. The van der Waals surface area contributed by atoms with E-state index in [2.05, 4.69) is 20.8 Å². The molecule has 3 heteroatoms. The Labute approximate surface area is 97.5 Å². The van der Waals surface area contributed by atoms with Gasteiger partial charge in [-0.3, -0.25) is 4.79 Å². The Kier molecular flexibility index (Phi) is 4.51. The topological polar surface area (TPSA) is 43.4 Å². The molecule has 0 aromatic rings. The molecule has 0 saturated heterocycles. The number of esters is 1. The summed E-state index contributed by atoms with van der Waals surface area (Å²) in [6.45, 7) is 7.73. The summed E-state index contributed by atoms with van der Waals surface area (Å²) in [6, 6.07) is 0. The van der Waals surface area contributed by atoms with Crippen molar-refractivity contribution in [1.82, 2.24) is 0 Å². The molecule has 3 atom stereocenters. The Hall–Kier alpha value is -0.860. The van der Waals surface area contributed by atoms with Crippen LogP contribution >= 0.6 is 0 Å². The lowest BCUT2D eigenvalue weighted by atomic mass is 9.75. The molecule has 1 saturated carbocycles. The van der Waals surface area contributed by atoms with Crippen LogP contribution in [0.3, 0.4) is 0 Å². The average molecular weight is 226 g/mol. The summed E-state index contributed by atoms with van der Waals surface area (Å²) in [6.07, 6.45) is 3.10. The van der Waals surface area contributed by atoms with Crippen molar-refractivity contribution in [3.05, 3.63) is 0 Å². The monoisotopic (exact) mass is 226 g/mol. The molecule has 1 fully saturated rings. The summed E-state index contributed by atoms with van der Waals surface area (Å²) in [7, 11) is 0. The quantitative estimate of drug-likeness (QED) is 0.548. The van der Waals surface area contributed by atoms with E-state index in [0.717, 1.165) is 12.8 Å². The van der Waals surface area contributed by atoms with E-state index in [0.29, 0.717) is 17.8 Å². The van der Waals surface area contributed by atoms with Gasteiger partial charge in [0.25, 0.3) is 0 Å². The third kappa shape index (κ3) is 3.32. The lowest BCUT2D eigenvalue weighted by Gasteiger charge is -2.36. The van der Waals surface area contributed by atoms with Crippen LogP contribution in [0.2, 0.25) is 0 Å². The molecule has 92 valence electrons. The zero-order valence-corrected chi connectivity index (χ0v) is 10.7. The molecule has 16 heavy (non-hydrogen) atoms. The van der Waals surface area contributed by atoms with E-state index in [9.17, 15) is 9.59 Å². The average Bonchev–Trinajstić information content (AvgIpc) is 2.16. The van der Waals surface area contributed by atoms with Crippen LogP contribution in [-0.4, -0.2) is 17.9 Å². The zero-order chi connectivity index (χ0) is 12.3. The van der Waals surface area contributed by atoms with Gasteiger partial charge < -0.3 is 4.74 Å². The van der Waals surface area contributed by atoms with Crippen LogP contribution in [0.25, 0.3) is 0 Å². The Morgan fingerprint density at radius 1 is 1.25 bits per heavy atom. The molecule has 1 aliphatic rings. The minimum atomic E-state index is -0.676. The molecule has 0 spiro atoms. The second-order valence-corrected chi connectivity index (χ2v) is 5.33. The molecule has 0 aromatic carbocycles. The first-order chi connectivity index (χ1) is 7.41. The maximum absolute atomic E-state index is 11.3. The first-order valence-electron chi connectivity index (χ1n) is 6.13. The standard InChI is InChI=1S/C13H22O3/c1-8(2)11-6-5-9(3)7-12(11)16-13(15)10(4)14/h8-9,11-12H,5-7H2,1-4H3/t9-,11-,12+/m0/s1. The van der Waals surface area contributed by atoms with Gasteiger partial charge in [0.2, 0.25) is 5.78 Å². The molecule has 0 aromatic heterocycles. The van der Waals surface area contributed by atoms with Crippen LogP contribution < -0.4 is 0 Å². The zero-order valence-electron chi connectivity index (χ0n) is 10.7. The molecular weight excluding hydrogens is 204 g/mol. The highest BCUT2D eigenvalue weighted by Gasteiger charge is 2.33. The lowest BCUT2D eigenvalue weighted by Crippen LogP contribution is -2.37. The number of carbonyl (C=O) groups is 2. The molecule has 0 amide bonds. The molecule has 0 N–H and O–H groups in total. The van der Waals surface area contributed by atoms with Gasteiger partial charge in [0.05, 0.1) is 0 Å². The highest BCUT2D eigenvalue weighted by molar-refractivity contribution is 6.32. The van der Waals surface area contributed by atoms with Gasteiger partial charge in [-0.05, 0) is 30.6 Å². The van der Waals surface area contributed by atoms with E-state index in [1.54, 1.807) is 0 Å². The third-order valence-corrected chi connectivity index (χ3v) is 3.51. The van der Waals surface area contributed by atoms with E-state index >= 15 is 0 Å². The molecule has 1 rings (SSSR count). The number of Topliss-reactive ketones (excluding diaryl/α,β-unsaturated/α-hetero) is 1. The van der Waals surface area contributed by atoms with Gasteiger partial charge in [-0.1, -0.05) is 27.2 Å². The fourth-order valence-corrected chi connectivity index (χ4v) is 2.47. The molecular formula is C13H22O3. The van der Waals surface area contributed by atoms with Crippen LogP contribution in [0.1, 0.15) is 47.0 Å². The fraction of sp³-hybridized carbons (Fsp3) is 0.846. The van der Waals surface area contributed by atoms with Crippen molar-refractivity contribution in [2.75, 3.05) is 0 Å². The van der Waals surface area contributed by atoms with Crippen LogP contribution in [0.4, 0.5) is 0 Å². The minimum absolute atomic E-state index is 0.0693. The smallest absolute Gasteiger partial charge is 0.374 e. The highest BCUT2D eigenvalue weighted by atomic mass is 16.5. The number of ether oxygens (including phenoxy) is 1. The van der Waals surface area contributed by atoms with Crippen LogP contribution in [0, 0.1) is 17.8 Å². The molecule has 3 nitrogen and oxygen atoms in total. The van der Waals surface area contributed by atoms with Crippen LogP contribution in [0.5, 0.6) is 0 Å². The second-order valence-electron chi connectivity index (χ2n) is 5.33. The molecule has 0 unspecified atom stereocenters. The van der Waals surface area contributed by atoms with E-state index in [-0.39, 0.29) is 6.10 Å². The second kappa shape index (κ2) is 5.46. The first-order valence-corrected chi connectivity index (χ1v) is 6.13. The number of carbonyl (C=O) groups excluding carboxylic acids is 2. The van der Waals surface area contributed by atoms with E-state index in [1.165, 1.54) is 13.3 Å². The van der Waals surface area contributed by atoms with E-state index in [1.807, 2.05) is 0 Å². The van der Waals surface area contributed by atoms with E-state index < -0.39 is 11.8 Å². The van der Waals surface area contributed by atoms with Crippen molar-refractivity contribution in [3.8, 4) is 0 Å². The third-order valence-electron chi connectivity index (χ3n) is 3.51. The summed E-state index contributed by atoms with van der Waals surface area (Å²) in [5, 5.41) is 0. The van der Waals surface area contributed by atoms with Gasteiger partial charge in [0, 0.05) is 6.92 Å². The van der Waals surface area contributed by atoms with Gasteiger partial charge in [0.15, 0.2) is 0 Å². The van der Waals surface area contributed by atoms with Crippen molar-refractivity contribution in [2.24, 2.45) is 17.8 Å². The van der Waals surface area contributed by atoms with Gasteiger partial charge >= 0.3 is 5.97 Å². The highest BCUT2D eigenvalue weighted by Crippen LogP contribution is 2.35. The van der Waals surface area contributed by atoms with Crippen molar-refractivity contribution >= 4 is 11.8 Å². The van der Waals surface area contributed by atoms with Gasteiger partial charge in [-0.25, -0.2) is 4.79 Å². The maximum atomic E-state index is 11.3. The van der Waals surface area contributed by atoms with Gasteiger partial charge in [0.1, 0.15) is 6.10 Å². The van der Waals surface area contributed by atoms with Crippen molar-refractivity contribution < 1.29 is 14.3 Å². The maximum Gasteiger partial charge on any atom is 0.374 e. The Morgan fingerprint density at radius 3 is 2.38 bits per heavy atom.